The van der Waals surface area contributed by atoms with Crippen molar-refractivity contribution in [2.75, 3.05) is 25.0 Å². The second kappa shape index (κ2) is 16.8. The molecule has 9 nitrogen and oxygen atoms in total. The number of sulfonamides is 1. The Bertz CT molecular complexity index is 1980. The molecule has 0 aliphatic heterocycles. The summed E-state index contributed by atoms with van der Waals surface area (Å²) in [5.74, 6) is -0.355. The first kappa shape index (κ1) is 35.9. The van der Waals surface area contributed by atoms with Gasteiger partial charge in [-0.25, -0.2) is 12.8 Å². The van der Waals surface area contributed by atoms with E-state index in [1.165, 1.54) is 41.3 Å². The van der Waals surface area contributed by atoms with Crippen molar-refractivity contribution in [3.05, 3.63) is 155 Å². The molecule has 50 heavy (non-hydrogen) atoms. The summed E-state index contributed by atoms with van der Waals surface area (Å²) < 4.78 is 52.4. The molecule has 2 amide bonds. The number of methoxy groups -OCH3 is 1. The second-order valence-electron chi connectivity index (χ2n) is 11.2. The van der Waals surface area contributed by atoms with Crippen molar-refractivity contribution in [3.63, 3.8) is 0 Å². The summed E-state index contributed by atoms with van der Waals surface area (Å²) in [6.45, 7) is -0.0215. The monoisotopic (exact) mass is 715 g/mol. The highest BCUT2D eigenvalue weighted by Gasteiger charge is 2.32. The Morgan fingerprint density at radius 2 is 1.42 bits per heavy atom. The highest BCUT2D eigenvalue weighted by molar-refractivity contribution is 7.92. The molecule has 0 aliphatic rings. The van der Waals surface area contributed by atoms with Gasteiger partial charge in [-0.1, -0.05) is 66.2 Å². The van der Waals surface area contributed by atoms with Gasteiger partial charge in [-0.2, -0.15) is 0 Å². The zero-order valence-corrected chi connectivity index (χ0v) is 28.7. The first-order valence-electron chi connectivity index (χ1n) is 15.6. The zero-order chi connectivity index (χ0) is 35.5. The van der Waals surface area contributed by atoms with Crippen molar-refractivity contribution in [2.24, 2.45) is 0 Å². The molecule has 0 radical (unpaired) electrons. The standard InChI is InChI=1S/C38H35ClFN3O6S/c1-48-33-17-9-27(10-18-33)23-24-41-38(45)37(29-5-3-2-4-6-29)43(25-28-7-11-30(39)12-8-28)36(44)26-49-34-19-21-35(22-20-34)50(46,47)42-32-15-13-31(40)14-16-32/h2-22,37,42H,23-26H2,1H3,(H,41,45)/t37-/m1/s1. The minimum absolute atomic E-state index is 0.0553. The lowest BCUT2D eigenvalue weighted by Crippen LogP contribution is -2.45. The van der Waals surface area contributed by atoms with Gasteiger partial charge in [-0.05, 0) is 95.9 Å². The highest BCUT2D eigenvalue weighted by Crippen LogP contribution is 2.26. The van der Waals surface area contributed by atoms with Crippen molar-refractivity contribution < 1.29 is 31.9 Å². The van der Waals surface area contributed by atoms with Gasteiger partial charge in [0.15, 0.2) is 6.61 Å². The third-order valence-corrected chi connectivity index (χ3v) is 9.38. The maximum Gasteiger partial charge on any atom is 0.261 e. The van der Waals surface area contributed by atoms with E-state index in [0.717, 1.165) is 29.0 Å². The Morgan fingerprint density at radius 1 is 0.800 bits per heavy atom. The summed E-state index contributed by atoms with van der Waals surface area (Å²) >= 11 is 6.12. The zero-order valence-electron chi connectivity index (χ0n) is 27.1. The lowest BCUT2D eigenvalue weighted by atomic mass is 10.0. The smallest absolute Gasteiger partial charge is 0.261 e. The van der Waals surface area contributed by atoms with Gasteiger partial charge in [0.1, 0.15) is 23.4 Å². The van der Waals surface area contributed by atoms with Crippen LogP contribution in [0.4, 0.5) is 10.1 Å². The van der Waals surface area contributed by atoms with E-state index < -0.39 is 34.4 Å². The normalized spacial score (nSPS) is 11.7. The van der Waals surface area contributed by atoms with Gasteiger partial charge in [0.05, 0.1) is 12.0 Å². The molecule has 0 aromatic heterocycles. The molecule has 258 valence electrons. The van der Waals surface area contributed by atoms with Crippen LogP contribution in [0, 0.1) is 5.82 Å². The fourth-order valence-corrected chi connectivity index (χ4v) is 6.30. The second-order valence-corrected chi connectivity index (χ2v) is 13.3. The van der Waals surface area contributed by atoms with Crippen LogP contribution in [0.25, 0.3) is 0 Å². The number of benzene rings is 5. The van der Waals surface area contributed by atoms with Crippen molar-refractivity contribution in [2.45, 2.75) is 23.9 Å². The molecule has 1 atom stereocenters. The molecule has 2 N–H and O–H groups in total. The van der Waals surface area contributed by atoms with E-state index in [2.05, 4.69) is 10.0 Å². The third-order valence-electron chi connectivity index (χ3n) is 7.73. The predicted molar refractivity (Wildman–Crippen MR) is 190 cm³/mol. The molecule has 0 fully saturated rings. The first-order chi connectivity index (χ1) is 24.1. The van der Waals surface area contributed by atoms with Gasteiger partial charge in [-0.15, -0.1) is 0 Å². The molecule has 12 heteroatoms. The summed E-state index contributed by atoms with van der Waals surface area (Å²) in [5, 5.41) is 3.53. The van der Waals surface area contributed by atoms with Gasteiger partial charge in [0.25, 0.3) is 15.9 Å². The molecule has 0 saturated heterocycles. The van der Waals surface area contributed by atoms with Crippen molar-refractivity contribution >= 4 is 39.1 Å². The Morgan fingerprint density at radius 3 is 2.06 bits per heavy atom. The van der Waals surface area contributed by atoms with Gasteiger partial charge < -0.3 is 19.7 Å². The average molecular weight is 716 g/mol. The fraction of sp³-hybridized carbons (Fsp3) is 0.158. The van der Waals surface area contributed by atoms with Crippen molar-refractivity contribution in [3.8, 4) is 11.5 Å². The molecule has 0 saturated carbocycles. The van der Waals surface area contributed by atoms with E-state index in [-0.39, 0.29) is 28.8 Å². The van der Waals surface area contributed by atoms with Gasteiger partial charge >= 0.3 is 0 Å². The quantitative estimate of drug-likeness (QED) is 0.123. The summed E-state index contributed by atoms with van der Waals surface area (Å²) in [6, 6.07) is 33.0. The number of rotatable bonds is 15. The number of halogens is 2. The summed E-state index contributed by atoms with van der Waals surface area (Å²) in [4.78, 5) is 29.3. The average Bonchev–Trinajstić information content (AvgIpc) is 3.13. The summed E-state index contributed by atoms with van der Waals surface area (Å²) in [6.07, 6.45) is 0.566. The van der Waals surface area contributed by atoms with Crippen LogP contribution >= 0.6 is 11.6 Å². The van der Waals surface area contributed by atoms with Gasteiger partial charge in [0, 0.05) is 23.8 Å². The van der Waals surface area contributed by atoms with Crippen LogP contribution < -0.4 is 19.5 Å². The van der Waals surface area contributed by atoms with E-state index in [0.29, 0.717) is 23.6 Å². The number of carbonyl (C=O) groups excluding carboxylic acids is 2. The number of hydrogen-bond acceptors (Lipinski definition) is 6. The number of ether oxygens (including phenoxy) is 2. The molecule has 0 unspecified atom stereocenters. The lowest BCUT2D eigenvalue weighted by Gasteiger charge is -2.31. The topological polar surface area (TPSA) is 114 Å². The largest absolute Gasteiger partial charge is 0.497 e. The fourth-order valence-electron chi connectivity index (χ4n) is 5.11. The molecule has 0 aliphatic carbocycles. The molecule has 0 spiro atoms. The third kappa shape index (κ3) is 9.83. The Balaban J connectivity index is 1.33. The first-order valence-corrected chi connectivity index (χ1v) is 17.5. The van der Waals surface area contributed by atoms with E-state index in [9.17, 15) is 22.4 Å². The predicted octanol–water partition coefficient (Wildman–Crippen LogP) is 6.80. The van der Waals surface area contributed by atoms with E-state index >= 15 is 0 Å². The summed E-state index contributed by atoms with van der Waals surface area (Å²) in [7, 11) is -2.37. The maximum absolute atomic E-state index is 14.0. The minimum atomic E-state index is -3.97. The van der Waals surface area contributed by atoms with Crippen LogP contribution in [0.5, 0.6) is 11.5 Å². The van der Waals surface area contributed by atoms with Gasteiger partial charge in [-0.3, -0.25) is 14.3 Å². The van der Waals surface area contributed by atoms with Crippen LogP contribution in [0.15, 0.2) is 132 Å². The Hall–Kier alpha value is -5.39. The lowest BCUT2D eigenvalue weighted by molar-refractivity contribution is -0.143. The van der Waals surface area contributed by atoms with Crippen LogP contribution in [0.1, 0.15) is 22.7 Å². The molecular formula is C38H35ClFN3O6S. The van der Waals surface area contributed by atoms with E-state index in [4.69, 9.17) is 21.1 Å². The van der Waals surface area contributed by atoms with Crippen LogP contribution in [-0.2, 0) is 32.6 Å². The number of carbonyl (C=O) groups is 2. The van der Waals surface area contributed by atoms with Gasteiger partial charge in [0.2, 0.25) is 5.91 Å². The molecule has 5 aromatic carbocycles. The van der Waals surface area contributed by atoms with Crippen molar-refractivity contribution in [1.29, 1.82) is 0 Å². The molecule has 5 aromatic rings. The highest BCUT2D eigenvalue weighted by atomic mass is 35.5. The van der Waals surface area contributed by atoms with E-state index in [1.54, 1.807) is 55.6 Å². The maximum atomic E-state index is 14.0. The number of anilines is 1. The van der Waals surface area contributed by atoms with Crippen LogP contribution in [0.3, 0.4) is 0 Å². The SMILES string of the molecule is COc1ccc(CCNC(=O)[C@@H](c2ccccc2)N(Cc2ccc(Cl)cc2)C(=O)COc2ccc(S(=O)(=O)Nc3ccc(F)cc3)cc2)cc1. The molecule has 5 rings (SSSR count). The number of hydrogen-bond donors (Lipinski definition) is 2. The Labute approximate surface area is 295 Å². The summed E-state index contributed by atoms with van der Waals surface area (Å²) in [5.41, 5.74) is 2.57. The Kier molecular flexibility index (Phi) is 12.1. The van der Waals surface area contributed by atoms with E-state index in [1.807, 2.05) is 30.3 Å². The molecular weight excluding hydrogens is 681 g/mol. The van der Waals surface area contributed by atoms with Crippen LogP contribution in [0.2, 0.25) is 5.02 Å². The molecule has 0 heterocycles. The number of amides is 2. The number of nitrogens with zero attached hydrogens (tertiary/aromatic N) is 1. The minimum Gasteiger partial charge on any atom is -0.497 e. The van der Waals surface area contributed by atoms with Crippen molar-refractivity contribution in [1.82, 2.24) is 10.2 Å². The molecule has 0 bridgehead atoms. The number of nitrogens with one attached hydrogen (secondary N) is 2. The van der Waals surface area contributed by atoms with Crippen LogP contribution in [-0.4, -0.2) is 45.4 Å².